The van der Waals surface area contributed by atoms with Gasteiger partial charge < -0.3 is 9.84 Å². The lowest BCUT2D eigenvalue weighted by atomic mass is 9.74. The van der Waals surface area contributed by atoms with Crippen LogP contribution in [0, 0.1) is 11.3 Å². The first-order valence-electron chi connectivity index (χ1n) is 5.90. The van der Waals surface area contributed by atoms with Crippen LogP contribution in [0.15, 0.2) is 0 Å². The fourth-order valence-electron chi connectivity index (χ4n) is 2.86. The lowest BCUT2D eigenvalue weighted by Crippen LogP contribution is -2.50. The molecule has 88 valence electrons. The Bertz CT molecular complexity index is 224. The predicted octanol–water partition coefficient (Wildman–Crippen LogP) is 2.31. The fraction of sp³-hybridized carbons (Fsp3) is 1.00. The highest BCUT2D eigenvalue weighted by atomic mass is 32.2. The van der Waals surface area contributed by atoms with E-state index in [4.69, 9.17) is 4.74 Å². The minimum absolute atomic E-state index is 0.273. The largest absolute Gasteiger partial charge is 0.389 e. The van der Waals surface area contributed by atoms with Crippen molar-refractivity contribution in [3.05, 3.63) is 0 Å². The Labute approximate surface area is 96.8 Å². The second-order valence-corrected chi connectivity index (χ2v) is 6.84. The highest BCUT2D eigenvalue weighted by Gasteiger charge is 2.44. The molecule has 0 aromatic heterocycles. The molecule has 2 aliphatic rings. The van der Waals surface area contributed by atoms with Gasteiger partial charge in [-0.25, -0.2) is 0 Å². The molecule has 2 rings (SSSR count). The minimum atomic E-state index is -0.479. The number of thioether (sulfide) groups is 1. The van der Waals surface area contributed by atoms with Gasteiger partial charge >= 0.3 is 0 Å². The molecular formula is C12H22O2S. The van der Waals surface area contributed by atoms with Crippen molar-refractivity contribution in [2.24, 2.45) is 11.3 Å². The number of hydrogen-bond donors (Lipinski definition) is 1. The molecule has 3 heteroatoms. The zero-order valence-corrected chi connectivity index (χ0v) is 10.6. The van der Waals surface area contributed by atoms with E-state index < -0.39 is 5.60 Å². The summed E-state index contributed by atoms with van der Waals surface area (Å²) in [6, 6.07) is 0. The number of hydrogen-bond acceptors (Lipinski definition) is 3. The molecular weight excluding hydrogens is 208 g/mol. The molecule has 0 saturated carbocycles. The van der Waals surface area contributed by atoms with Gasteiger partial charge in [0.2, 0.25) is 0 Å². The zero-order valence-electron chi connectivity index (χ0n) is 9.79. The standard InChI is InChI=1S/C12H22O2S/c1-11(2)7-12(13,9-15-8-11)10-4-3-5-14-6-10/h10,13H,3-9H2,1-2H3. The molecule has 2 nitrogen and oxygen atoms in total. The Hall–Kier alpha value is 0.270. The molecule has 0 aliphatic carbocycles. The third-order valence-corrected chi connectivity index (χ3v) is 5.24. The van der Waals surface area contributed by atoms with E-state index in [1.54, 1.807) is 0 Å². The molecule has 2 unspecified atom stereocenters. The molecule has 0 radical (unpaired) electrons. The van der Waals surface area contributed by atoms with E-state index in [0.717, 1.165) is 38.2 Å². The third-order valence-electron chi connectivity index (χ3n) is 3.55. The van der Waals surface area contributed by atoms with E-state index in [0.29, 0.717) is 5.92 Å². The fourth-order valence-corrected chi connectivity index (χ4v) is 4.31. The van der Waals surface area contributed by atoms with E-state index >= 15 is 0 Å². The molecule has 0 aromatic carbocycles. The molecule has 2 fully saturated rings. The summed E-state index contributed by atoms with van der Waals surface area (Å²) in [5.41, 5.74) is -0.206. The van der Waals surface area contributed by atoms with Crippen molar-refractivity contribution < 1.29 is 9.84 Å². The molecule has 2 atom stereocenters. The predicted molar refractivity (Wildman–Crippen MR) is 64.2 cm³/mol. The number of aliphatic hydroxyl groups is 1. The molecule has 0 aromatic rings. The Morgan fingerprint density at radius 2 is 2.13 bits per heavy atom. The Morgan fingerprint density at radius 3 is 2.73 bits per heavy atom. The van der Waals surface area contributed by atoms with Crippen LogP contribution in [-0.4, -0.2) is 35.4 Å². The van der Waals surface area contributed by atoms with Crippen molar-refractivity contribution in [2.75, 3.05) is 24.7 Å². The van der Waals surface area contributed by atoms with Crippen molar-refractivity contribution in [2.45, 2.75) is 38.7 Å². The summed E-state index contributed by atoms with van der Waals surface area (Å²) in [7, 11) is 0. The van der Waals surface area contributed by atoms with Gasteiger partial charge in [-0.1, -0.05) is 13.8 Å². The summed E-state index contributed by atoms with van der Waals surface area (Å²) >= 11 is 1.90. The maximum absolute atomic E-state index is 10.7. The van der Waals surface area contributed by atoms with E-state index in [2.05, 4.69) is 13.8 Å². The van der Waals surface area contributed by atoms with Crippen LogP contribution in [0.25, 0.3) is 0 Å². The lowest BCUT2D eigenvalue weighted by Gasteiger charge is -2.46. The van der Waals surface area contributed by atoms with Crippen LogP contribution < -0.4 is 0 Å². The summed E-state index contributed by atoms with van der Waals surface area (Å²) < 4.78 is 5.50. The molecule has 2 heterocycles. The summed E-state index contributed by atoms with van der Waals surface area (Å²) in [6.45, 7) is 6.15. The zero-order chi connectivity index (χ0) is 10.9. The summed E-state index contributed by atoms with van der Waals surface area (Å²) in [5, 5.41) is 10.7. The summed E-state index contributed by atoms with van der Waals surface area (Å²) in [6.07, 6.45) is 3.17. The molecule has 2 aliphatic heterocycles. The van der Waals surface area contributed by atoms with Gasteiger partial charge in [-0.05, 0) is 30.4 Å². The van der Waals surface area contributed by atoms with Gasteiger partial charge in [0.05, 0.1) is 12.2 Å². The summed E-state index contributed by atoms with van der Waals surface area (Å²) in [5.74, 6) is 2.42. The van der Waals surface area contributed by atoms with Crippen LogP contribution in [-0.2, 0) is 4.74 Å². The van der Waals surface area contributed by atoms with Crippen LogP contribution >= 0.6 is 11.8 Å². The second-order valence-electron chi connectivity index (χ2n) is 5.85. The van der Waals surface area contributed by atoms with Gasteiger partial charge in [-0.15, -0.1) is 0 Å². The Kier molecular flexibility index (Phi) is 3.34. The molecule has 0 amide bonds. The van der Waals surface area contributed by atoms with Crippen molar-refractivity contribution >= 4 is 11.8 Å². The van der Waals surface area contributed by atoms with Gasteiger partial charge in [0, 0.05) is 18.3 Å². The van der Waals surface area contributed by atoms with E-state index in [1.807, 2.05) is 11.8 Å². The van der Waals surface area contributed by atoms with Gasteiger partial charge in [-0.3, -0.25) is 0 Å². The number of rotatable bonds is 1. The molecule has 1 N–H and O–H groups in total. The van der Waals surface area contributed by atoms with Crippen molar-refractivity contribution in [3.63, 3.8) is 0 Å². The third kappa shape index (κ3) is 2.69. The van der Waals surface area contributed by atoms with Crippen LogP contribution in [0.2, 0.25) is 0 Å². The van der Waals surface area contributed by atoms with Gasteiger partial charge in [0.1, 0.15) is 0 Å². The molecule has 0 spiro atoms. The quantitative estimate of drug-likeness (QED) is 0.749. The number of ether oxygens (including phenoxy) is 1. The molecule has 15 heavy (non-hydrogen) atoms. The van der Waals surface area contributed by atoms with Gasteiger partial charge in [0.15, 0.2) is 0 Å². The van der Waals surface area contributed by atoms with Gasteiger partial charge in [-0.2, -0.15) is 11.8 Å². The Balaban J connectivity index is 2.04. The van der Waals surface area contributed by atoms with Crippen molar-refractivity contribution in [3.8, 4) is 0 Å². The van der Waals surface area contributed by atoms with E-state index in [1.165, 1.54) is 5.75 Å². The highest BCUT2D eigenvalue weighted by molar-refractivity contribution is 7.99. The highest BCUT2D eigenvalue weighted by Crippen LogP contribution is 2.44. The lowest BCUT2D eigenvalue weighted by molar-refractivity contribution is -0.0856. The van der Waals surface area contributed by atoms with E-state index in [9.17, 15) is 5.11 Å². The van der Waals surface area contributed by atoms with Crippen LogP contribution in [0.1, 0.15) is 33.1 Å². The first kappa shape index (κ1) is 11.7. The molecule has 2 saturated heterocycles. The van der Waals surface area contributed by atoms with Crippen molar-refractivity contribution in [1.29, 1.82) is 0 Å². The van der Waals surface area contributed by atoms with Crippen LogP contribution in [0.5, 0.6) is 0 Å². The van der Waals surface area contributed by atoms with Gasteiger partial charge in [0.25, 0.3) is 0 Å². The maximum atomic E-state index is 10.7. The van der Waals surface area contributed by atoms with E-state index in [-0.39, 0.29) is 5.41 Å². The first-order valence-corrected chi connectivity index (χ1v) is 7.05. The Morgan fingerprint density at radius 1 is 1.33 bits per heavy atom. The first-order chi connectivity index (χ1) is 7.02. The SMILES string of the molecule is CC1(C)CSCC(O)(C2CCCOC2)C1. The normalized spacial score (nSPS) is 41.4. The average Bonchev–Trinajstić information content (AvgIpc) is 2.17. The van der Waals surface area contributed by atoms with Crippen LogP contribution in [0.3, 0.4) is 0 Å². The smallest absolute Gasteiger partial charge is 0.0793 e. The summed E-state index contributed by atoms with van der Waals surface area (Å²) in [4.78, 5) is 0. The molecule has 0 bridgehead atoms. The monoisotopic (exact) mass is 230 g/mol. The second kappa shape index (κ2) is 4.27. The topological polar surface area (TPSA) is 29.5 Å². The average molecular weight is 230 g/mol. The van der Waals surface area contributed by atoms with Crippen LogP contribution in [0.4, 0.5) is 0 Å². The minimum Gasteiger partial charge on any atom is -0.389 e. The van der Waals surface area contributed by atoms with Crippen molar-refractivity contribution in [1.82, 2.24) is 0 Å². The maximum Gasteiger partial charge on any atom is 0.0793 e.